The summed E-state index contributed by atoms with van der Waals surface area (Å²) in [5.41, 5.74) is 8.84. The minimum atomic E-state index is -0.178. The van der Waals surface area contributed by atoms with Crippen LogP contribution in [0.5, 0.6) is 0 Å². The van der Waals surface area contributed by atoms with Gasteiger partial charge in [-0.1, -0.05) is 72.8 Å². The molecule has 0 spiro atoms. The number of amides is 2. The monoisotopic (exact) mass is 440 g/mol. The Morgan fingerprint density at radius 3 is 2.12 bits per heavy atom. The molecule has 0 aliphatic carbocycles. The second-order valence-corrected chi connectivity index (χ2v) is 7.75. The van der Waals surface area contributed by atoms with Gasteiger partial charge >= 0.3 is 6.03 Å². The number of benzene rings is 3. The fraction of sp³-hybridized carbons (Fsp3) is 0.214. The molecule has 170 valence electrons. The molecule has 0 fully saturated rings. The molecule has 4 rings (SSSR count). The lowest BCUT2D eigenvalue weighted by molar-refractivity contribution is 0.252. The zero-order chi connectivity index (χ0) is 23.1. The largest absolute Gasteiger partial charge is 0.338 e. The predicted molar refractivity (Wildman–Crippen MR) is 137 cm³/mol. The number of anilines is 1. The van der Waals surface area contributed by atoms with Crippen molar-refractivity contribution in [1.29, 1.82) is 0 Å². The molecular formula is C28H32N4O. The summed E-state index contributed by atoms with van der Waals surface area (Å²) >= 11 is 0. The fourth-order valence-corrected chi connectivity index (χ4v) is 3.49. The van der Waals surface area contributed by atoms with Gasteiger partial charge in [-0.05, 0) is 55.5 Å². The number of aryl methyl sites for hydroxylation is 2. The molecule has 0 aliphatic heterocycles. The van der Waals surface area contributed by atoms with Crippen LogP contribution >= 0.6 is 0 Å². The lowest BCUT2D eigenvalue weighted by Gasteiger charge is -2.10. The van der Waals surface area contributed by atoms with E-state index in [9.17, 15) is 4.79 Å². The summed E-state index contributed by atoms with van der Waals surface area (Å²) in [6.07, 6.45) is 7.59. The van der Waals surface area contributed by atoms with Gasteiger partial charge in [0.25, 0.3) is 0 Å². The molecule has 0 atom stereocenters. The first-order chi connectivity index (χ1) is 16.3. The maximum absolute atomic E-state index is 12.0. The van der Waals surface area contributed by atoms with Gasteiger partial charge in [0.1, 0.15) is 0 Å². The summed E-state index contributed by atoms with van der Waals surface area (Å²) in [6, 6.07) is 28.2. The van der Waals surface area contributed by atoms with Gasteiger partial charge in [0.15, 0.2) is 0 Å². The highest BCUT2D eigenvalue weighted by Crippen LogP contribution is 2.21. The minimum absolute atomic E-state index is 0.178. The van der Waals surface area contributed by atoms with E-state index in [0.29, 0.717) is 6.54 Å². The SMILES string of the molecule is NCCCc1ccccc1.O=C(NCCCc1ccccc1)Nc1cccc2cnccc12. The number of hydrogen-bond donors (Lipinski definition) is 3. The Kier molecular flexibility index (Phi) is 9.91. The molecule has 4 aromatic rings. The first-order valence-corrected chi connectivity index (χ1v) is 11.4. The van der Waals surface area contributed by atoms with Crippen LogP contribution in [-0.2, 0) is 12.8 Å². The average Bonchev–Trinajstić information content (AvgIpc) is 2.87. The van der Waals surface area contributed by atoms with Gasteiger partial charge in [0, 0.05) is 29.7 Å². The molecule has 5 nitrogen and oxygen atoms in total. The highest BCUT2D eigenvalue weighted by atomic mass is 16.2. The van der Waals surface area contributed by atoms with Crippen molar-refractivity contribution >= 4 is 22.5 Å². The van der Waals surface area contributed by atoms with E-state index < -0.39 is 0 Å². The van der Waals surface area contributed by atoms with Crippen molar-refractivity contribution in [2.45, 2.75) is 25.7 Å². The maximum atomic E-state index is 12.0. The summed E-state index contributed by atoms with van der Waals surface area (Å²) in [4.78, 5) is 16.1. The Hall–Kier alpha value is -3.70. The fourth-order valence-electron chi connectivity index (χ4n) is 3.49. The lowest BCUT2D eigenvalue weighted by Crippen LogP contribution is -2.29. The quantitative estimate of drug-likeness (QED) is 0.314. The molecule has 0 saturated carbocycles. The first-order valence-electron chi connectivity index (χ1n) is 11.4. The normalized spacial score (nSPS) is 10.2. The van der Waals surface area contributed by atoms with Crippen LogP contribution in [0.4, 0.5) is 10.5 Å². The smallest absolute Gasteiger partial charge is 0.319 e. The van der Waals surface area contributed by atoms with E-state index in [-0.39, 0.29) is 6.03 Å². The van der Waals surface area contributed by atoms with Crippen LogP contribution in [0.2, 0.25) is 0 Å². The molecule has 0 bridgehead atoms. The number of rotatable bonds is 8. The van der Waals surface area contributed by atoms with Crippen LogP contribution in [0.3, 0.4) is 0 Å². The molecular weight excluding hydrogens is 408 g/mol. The number of urea groups is 1. The van der Waals surface area contributed by atoms with Gasteiger partial charge in [-0.2, -0.15) is 0 Å². The van der Waals surface area contributed by atoms with Crippen molar-refractivity contribution in [1.82, 2.24) is 10.3 Å². The molecule has 0 radical (unpaired) electrons. The summed E-state index contributed by atoms with van der Waals surface area (Å²) in [7, 11) is 0. The van der Waals surface area contributed by atoms with E-state index in [1.54, 1.807) is 12.4 Å². The molecule has 33 heavy (non-hydrogen) atoms. The number of nitrogens with two attached hydrogens (primary N) is 1. The molecule has 4 N–H and O–H groups in total. The van der Waals surface area contributed by atoms with E-state index >= 15 is 0 Å². The van der Waals surface area contributed by atoms with E-state index in [1.165, 1.54) is 11.1 Å². The van der Waals surface area contributed by atoms with Crippen LogP contribution in [0.15, 0.2) is 97.3 Å². The van der Waals surface area contributed by atoms with E-state index in [4.69, 9.17) is 5.73 Å². The minimum Gasteiger partial charge on any atom is -0.338 e. The molecule has 2 amide bonds. The Morgan fingerprint density at radius 1 is 0.788 bits per heavy atom. The summed E-state index contributed by atoms with van der Waals surface area (Å²) in [5.74, 6) is 0. The number of hydrogen-bond acceptors (Lipinski definition) is 3. The van der Waals surface area contributed by atoms with E-state index in [0.717, 1.165) is 48.7 Å². The Labute approximate surface area is 196 Å². The summed E-state index contributed by atoms with van der Waals surface area (Å²) in [6.45, 7) is 1.43. The van der Waals surface area contributed by atoms with Crippen LogP contribution in [0, 0.1) is 0 Å². The Morgan fingerprint density at radius 2 is 1.45 bits per heavy atom. The molecule has 5 heteroatoms. The van der Waals surface area contributed by atoms with Crippen molar-refractivity contribution < 1.29 is 4.79 Å². The number of fused-ring (bicyclic) bond motifs is 1. The van der Waals surface area contributed by atoms with Crippen LogP contribution < -0.4 is 16.4 Å². The molecule has 3 aromatic carbocycles. The van der Waals surface area contributed by atoms with Crippen molar-refractivity contribution in [2.24, 2.45) is 5.73 Å². The van der Waals surface area contributed by atoms with Gasteiger partial charge in [-0.15, -0.1) is 0 Å². The number of aromatic nitrogens is 1. The van der Waals surface area contributed by atoms with Crippen LogP contribution in [-0.4, -0.2) is 24.1 Å². The van der Waals surface area contributed by atoms with Crippen molar-refractivity contribution in [3.63, 3.8) is 0 Å². The third-order valence-corrected chi connectivity index (χ3v) is 5.21. The van der Waals surface area contributed by atoms with E-state index in [2.05, 4.69) is 52.0 Å². The second kappa shape index (κ2) is 13.7. The lowest BCUT2D eigenvalue weighted by atomic mass is 10.1. The number of pyridine rings is 1. The highest BCUT2D eigenvalue weighted by molar-refractivity contribution is 6.01. The molecule has 1 heterocycles. The maximum Gasteiger partial charge on any atom is 0.319 e. The first kappa shape index (κ1) is 24.0. The van der Waals surface area contributed by atoms with Gasteiger partial charge in [-0.25, -0.2) is 4.79 Å². The number of nitrogens with one attached hydrogen (secondary N) is 2. The third-order valence-electron chi connectivity index (χ3n) is 5.21. The zero-order valence-corrected chi connectivity index (χ0v) is 18.9. The van der Waals surface area contributed by atoms with Crippen LogP contribution in [0.25, 0.3) is 10.8 Å². The Bertz CT molecular complexity index is 1100. The predicted octanol–water partition coefficient (Wildman–Crippen LogP) is 5.57. The standard InChI is InChI=1S/C19H19N3O.C9H13N/c23-19(21-12-5-8-15-6-2-1-3-7-15)22-18-10-4-9-16-14-20-13-11-17(16)18;10-8-4-7-9-5-2-1-3-6-9/h1-4,6-7,9-11,13-14H,5,8,12H2,(H2,21,22,23);1-3,5-6H,4,7-8,10H2. The average molecular weight is 441 g/mol. The van der Waals surface area contributed by atoms with Crippen molar-refractivity contribution in [3.8, 4) is 0 Å². The van der Waals surface area contributed by atoms with Gasteiger partial charge in [0.2, 0.25) is 0 Å². The number of nitrogens with zero attached hydrogens (tertiary/aromatic N) is 1. The molecule has 1 aromatic heterocycles. The molecule has 0 saturated heterocycles. The number of carbonyl (C=O) groups is 1. The summed E-state index contributed by atoms with van der Waals surface area (Å²) < 4.78 is 0. The van der Waals surface area contributed by atoms with Crippen molar-refractivity contribution in [2.75, 3.05) is 18.4 Å². The summed E-state index contributed by atoms with van der Waals surface area (Å²) in [5, 5.41) is 7.80. The highest BCUT2D eigenvalue weighted by Gasteiger charge is 2.05. The Balaban J connectivity index is 0.000000257. The zero-order valence-electron chi connectivity index (χ0n) is 18.9. The third kappa shape index (κ3) is 8.39. The molecule has 0 aliphatic rings. The van der Waals surface area contributed by atoms with Gasteiger partial charge in [0.05, 0.1) is 5.69 Å². The van der Waals surface area contributed by atoms with Gasteiger partial charge < -0.3 is 16.4 Å². The second-order valence-electron chi connectivity index (χ2n) is 7.75. The van der Waals surface area contributed by atoms with Crippen LogP contribution in [0.1, 0.15) is 24.0 Å². The molecule has 0 unspecified atom stereocenters. The number of carbonyl (C=O) groups excluding carboxylic acids is 1. The van der Waals surface area contributed by atoms with Crippen molar-refractivity contribution in [3.05, 3.63) is 108 Å². The van der Waals surface area contributed by atoms with E-state index in [1.807, 2.05) is 48.5 Å². The van der Waals surface area contributed by atoms with Gasteiger partial charge in [-0.3, -0.25) is 4.98 Å². The topological polar surface area (TPSA) is 80.0 Å².